The molecule has 1 fully saturated rings. The van der Waals surface area contributed by atoms with Crippen LogP contribution in [0.2, 0.25) is 0 Å². The average Bonchev–Trinajstić information content (AvgIpc) is 2.61. The molecule has 1 saturated heterocycles. The van der Waals surface area contributed by atoms with Gasteiger partial charge < -0.3 is 9.80 Å². The molecule has 0 spiro atoms. The predicted molar refractivity (Wildman–Crippen MR) is 100 cm³/mol. The van der Waals surface area contributed by atoms with E-state index >= 15 is 0 Å². The zero-order valence-corrected chi connectivity index (χ0v) is 16.2. The molecule has 1 aliphatic rings. The van der Waals surface area contributed by atoms with Gasteiger partial charge in [-0.1, -0.05) is 30.3 Å². The van der Waals surface area contributed by atoms with Gasteiger partial charge in [0.15, 0.2) is 0 Å². The smallest absolute Gasteiger partial charge is 0.236 e. The first-order chi connectivity index (χ1) is 11.7. The van der Waals surface area contributed by atoms with E-state index in [0.29, 0.717) is 19.6 Å². The molecule has 0 atom stereocenters. The van der Waals surface area contributed by atoms with E-state index in [1.165, 1.54) is 0 Å². The van der Waals surface area contributed by atoms with Gasteiger partial charge >= 0.3 is 0 Å². The van der Waals surface area contributed by atoms with Crippen LogP contribution in [0.15, 0.2) is 30.3 Å². The molecule has 2 amide bonds. The highest BCUT2D eigenvalue weighted by Crippen LogP contribution is 2.26. The quantitative estimate of drug-likeness (QED) is 0.820. The zero-order chi connectivity index (χ0) is 18.6. The van der Waals surface area contributed by atoms with Crippen molar-refractivity contribution in [3.05, 3.63) is 35.9 Å². The number of nitrogens with zero attached hydrogens (tertiary/aromatic N) is 3. The van der Waals surface area contributed by atoms with Gasteiger partial charge in [-0.25, -0.2) is 0 Å². The van der Waals surface area contributed by atoms with Gasteiger partial charge in [-0.15, -0.1) is 0 Å². The Balaban J connectivity index is 1.91. The number of likely N-dealkylation sites (N-methyl/N-ethyl adjacent to an activating group) is 1. The maximum atomic E-state index is 13.0. The normalized spacial score (nSPS) is 16.2. The van der Waals surface area contributed by atoms with Gasteiger partial charge in [0.1, 0.15) is 0 Å². The Kier molecular flexibility index (Phi) is 6.22. The minimum absolute atomic E-state index is 0.138. The molecule has 0 aromatic heterocycles. The molecule has 1 heterocycles. The van der Waals surface area contributed by atoms with Crippen LogP contribution >= 0.6 is 0 Å². The third-order valence-corrected chi connectivity index (χ3v) is 5.22. The number of amides is 2. The summed E-state index contributed by atoms with van der Waals surface area (Å²) in [5, 5.41) is 0. The molecule has 5 nitrogen and oxygen atoms in total. The number of piperazine rings is 1. The first-order valence-corrected chi connectivity index (χ1v) is 9.06. The number of carbonyl (C=O) groups excluding carboxylic acids is 2. The summed E-state index contributed by atoms with van der Waals surface area (Å²) in [6.45, 7) is 11.3. The number of hydrogen-bond donors (Lipinski definition) is 0. The Morgan fingerprint density at radius 3 is 2.16 bits per heavy atom. The third-order valence-electron chi connectivity index (χ3n) is 5.22. The van der Waals surface area contributed by atoms with Crippen LogP contribution in [0.1, 0.15) is 33.3 Å². The fourth-order valence-electron chi connectivity index (χ4n) is 3.07. The van der Waals surface area contributed by atoms with Crippen molar-refractivity contribution < 1.29 is 9.59 Å². The second-order valence-electron chi connectivity index (χ2n) is 7.66. The fourth-order valence-corrected chi connectivity index (χ4v) is 3.07. The van der Waals surface area contributed by atoms with E-state index in [1.54, 1.807) is 4.90 Å². The highest BCUT2D eigenvalue weighted by Gasteiger charge is 2.35. The standard InChI is InChI=1S/C20H31N3O2/c1-16(2)21(5)18(24)15-22-11-13-23(14-12-22)19(25)20(3,4)17-9-7-6-8-10-17/h6-10,16H,11-15H2,1-5H3. The maximum absolute atomic E-state index is 13.0. The minimum Gasteiger partial charge on any atom is -0.342 e. The van der Waals surface area contributed by atoms with E-state index < -0.39 is 5.41 Å². The molecule has 0 saturated carbocycles. The molecule has 138 valence electrons. The second kappa shape index (κ2) is 8.00. The molecule has 0 unspecified atom stereocenters. The van der Waals surface area contributed by atoms with Gasteiger partial charge in [0, 0.05) is 39.3 Å². The first kappa shape index (κ1) is 19.4. The molecular formula is C20H31N3O2. The summed E-state index contributed by atoms with van der Waals surface area (Å²) in [6.07, 6.45) is 0. The zero-order valence-electron chi connectivity index (χ0n) is 16.2. The maximum Gasteiger partial charge on any atom is 0.236 e. The van der Waals surface area contributed by atoms with Crippen LogP contribution in [0.4, 0.5) is 0 Å². The lowest BCUT2D eigenvalue weighted by Gasteiger charge is -2.39. The largest absolute Gasteiger partial charge is 0.342 e. The van der Waals surface area contributed by atoms with Crippen molar-refractivity contribution in [2.45, 2.75) is 39.2 Å². The summed E-state index contributed by atoms with van der Waals surface area (Å²) in [5.41, 5.74) is 0.507. The molecule has 5 heteroatoms. The molecule has 0 N–H and O–H groups in total. The highest BCUT2D eigenvalue weighted by molar-refractivity contribution is 5.87. The summed E-state index contributed by atoms with van der Waals surface area (Å²) in [5.74, 6) is 0.295. The van der Waals surface area contributed by atoms with Gasteiger partial charge in [0.05, 0.1) is 12.0 Å². The van der Waals surface area contributed by atoms with E-state index in [2.05, 4.69) is 4.90 Å². The Labute approximate surface area is 151 Å². The van der Waals surface area contributed by atoms with Crippen molar-refractivity contribution in [2.24, 2.45) is 0 Å². The lowest BCUT2D eigenvalue weighted by Crippen LogP contribution is -2.54. The number of benzene rings is 1. The van der Waals surface area contributed by atoms with Crippen molar-refractivity contribution in [1.29, 1.82) is 0 Å². The molecule has 2 rings (SSSR count). The first-order valence-electron chi connectivity index (χ1n) is 9.06. The topological polar surface area (TPSA) is 43.9 Å². The molecule has 1 aromatic rings. The van der Waals surface area contributed by atoms with Crippen molar-refractivity contribution in [2.75, 3.05) is 39.8 Å². The van der Waals surface area contributed by atoms with E-state index in [9.17, 15) is 9.59 Å². The molecular weight excluding hydrogens is 314 g/mol. The van der Waals surface area contributed by atoms with E-state index in [0.717, 1.165) is 18.7 Å². The number of rotatable bonds is 5. The Morgan fingerprint density at radius 1 is 1.08 bits per heavy atom. The Hall–Kier alpha value is -1.88. The van der Waals surface area contributed by atoms with Gasteiger partial charge in [-0.2, -0.15) is 0 Å². The van der Waals surface area contributed by atoms with Crippen LogP contribution in [0.5, 0.6) is 0 Å². The van der Waals surface area contributed by atoms with E-state index in [1.807, 2.05) is 70.0 Å². The number of carbonyl (C=O) groups is 2. The summed E-state index contributed by atoms with van der Waals surface area (Å²) in [7, 11) is 1.84. The van der Waals surface area contributed by atoms with Gasteiger partial charge in [-0.3, -0.25) is 14.5 Å². The summed E-state index contributed by atoms with van der Waals surface area (Å²) in [4.78, 5) is 31.0. The molecule has 0 aliphatic carbocycles. The van der Waals surface area contributed by atoms with Crippen LogP contribution in [0, 0.1) is 0 Å². The van der Waals surface area contributed by atoms with Gasteiger partial charge in [-0.05, 0) is 33.3 Å². The van der Waals surface area contributed by atoms with Crippen molar-refractivity contribution in [3.8, 4) is 0 Å². The van der Waals surface area contributed by atoms with Gasteiger partial charge in [0.25, 0.3) is 0 Å². The molecule has 0 radical (unpaired) electrons. The lowest BCUT2D eigenvalue weighted by molar-refractivity contribution is -0.139. The van der Waals surface area contributed by atoms with Crippen molar-refractivity contribution in [1.82, 2.24) is 14.7 Å². The summed E-state index contributed by atoms with van der Waals surface area (Å²) in [6, 6.07) is 10.1. The van der Waals surface area contributed by atoms with Crippen molar-refractivity contribution in [3.63, 3.8) is 0 Å². The van der Waals surface area contributed by atoms with Crippen LogP contribution in [-0.4, -0.2) is 72.3 Å². The van der Waals surface area contributed by atoms with E-state index in [4.69, 9.17) is 0 Å². The van der Waals surface area contributed by atoms with Crippen molar-refractivity contribution >= 4 is 11.8 Å². The molecule has 0 bridgehead atoms. The summed E-state index contributed by atoms with van der Waals surface area (Å²) < 4.78 is 0. The summed E-state index contributed by atoms with van der Waals surface area (Å²) >= 11 is 0. The Bertz CT molecular complexity index is 590. The SMILES string of the molecule is CC(C)N(C)C(=O)CN1CCN(C(=O)C(C)(C)c2ccccc2)CC1. The van der Waals surface area contributed by atoms with Crippen LogP contribution in [-0.2, 0) is 15.0 Å². The average molecular weight is 345 g/mol. The van der Waals surface area contributed by atoms with E-state index in [-0.39, 0.29) is 17.9 Å². The Morgan fingerprint density at radius 2 is 1.64 bits per heavy atom. The van der Waals surface area contributed by atoms with Crippen LogP contribution < -0.4 is 0 Å². The predicted octanol–water partition coefficient (Wildman–Crippen LogP) is 1.98. The lowest BCUT2D eigenvalue weighted by atomic mass is 9.83. The van der Waals surface area contributed by atoms with Crippen LogP contribution in [0.25, 0.3) is 0 Å². The third kappa shape index (κ3) is 4.60. The molecule has 25 heavy (non-hydrogen) atoms. The number of hydrogen-bond acceptors (Lipinski definition) is 3. The fraction of sp³-hybridized carbons (Fsp3) is 0.600. The van der Waals surface area contributed by atoms with Crippen LogP contribution in [0.3, 0.4) is 0 Å². The monoisotopic (exact) mass is 345 g/mol. The highest BCUT2D eigenvalue weighted by atomic mass is 16.2. The molecule has 1 aromatic carbocycles. The van der Waals surface area contributed by atoms with Gasteiger partial charge in [0.2, 0.25) is 11.8 Å². The molecule has 1 aliphatic heterocycles. The minimum atomic E-state index is -0.531. The second-order valence-corrected chi connectivity index (χ2v) is 7.66.